The molecule has 1 aliphatic rings. The standard InChI is InChI=1S/C15H22N4/c1-12-4-5-15-17-14(11-19(15)8-12)10-18-6-2-3-13(7-16)9-18/h4-5,8,11,13H,2-3,6-7,9-10,16H2,1H3. The Morgan fingerprint density at radius 1 is 1.37 bits per heavy atom. The van der Waals surface area contributed by atoms with Crippen LogP contribution in [0.5, 0.6) is 0 Å². The fourth-order valence-corrected chi connectivity index (χ4v) is 2.95. The first-order chi connectivity index (χ1) is 9.24. The van der Waals surface area contributed by atoms with Crippen molar-refractivity contribution in [3.63, 3.8) is 0 Å². The van der Waals surface area contributed by atoms with Crippen LogP contribution in [0.1, 0.15) is 24.1 Å². The number of aromatic nitrogens is 2. The smallest absolute Gasteiger partial charge is 0.137 e. The molecule has 4 heteroatoms. The summed E-state index contributed by atoms with van der Waals surface area (Å²) in [6, 6.07) is 4.19. The maximum Gasteiger partial charge on any atom is 0.137 e. The van der Waals surface area contributed by atoms with Crippen molar-refractivity contribution >= 4 is 5.65 Å². The molecule has 0 radical (unpaired) electrons. The molecule has 0 aromatic carbocycles. The number of nitrogens with zero attached hydrogens (tertiary/aromatic N) is 3. The number of likely N-dealkylation sites (tertiary alicyclic amines) is 1. The summed E-state index contributed by atoms with van der Waals surface area (Å²) in [5.41, 5.74) is 9.24. The lowest BCUT2D eigenvalue weighted by atomic mass is 9.98. The zero-order chi connectivity index (χ0) is 13.2. The molecule has 1 unspecified atom stereocenters. The van der Waals surface area contributed by atoms with Crippen molar-refractivity contribution in [2.75, 3.05) is 19.6 Å². The molecule has 1 fully saturated rings. The number of hydrogen-bond donors (Lipinski definition) is 1. The summed E-state index contributed by atoms with van der Waals surface area (Å²) in [5, 5.41) is 0. The van der Waals surface area contributed by atoms with Crippen LogP contribution in [-0.2, 0) is 6.54 Å². The van der Waals surface area contributed by atoms with Crippen molar-refractivity contribution in [3.8, 4) is 0 Å². The van der Waals surface area contributed by atoms with Gasteiger partial charge in [-0.3, -0.25) is 4.90 Å². The normalized spacial score (nSPS) is 21.1. The molecule has 2 N–H and O–H groups in total. The Bertz CT molecular complexity index is 560. The lowest BCUT2D eigenvalue weighted by Crippen LogP contribution is -2.37. The molecular formula is C15H22N4. The zero-order valence-electron chi connectivity index (χ0n) is 11.5. The Morgan fingerprint density at radius 2 is 2.26 bits per heavy atom. The molecule has 0 bridgehead atoms. The van der Waals surface area contributed by atoms with Crippen molar-refractivity contribution in [1.82, 2.24) is 14.3 Å². The van der Waals surface area contributed by atoms with Crippen molar-refractivity contribution in [2.24, 2.45) is 11.7 Å². The maximum atomic E-state index is 5.79. The highest BCUT2D eigenvalue weighted by atomic mass is 15.1. The molecule has 102 valence electrons. The van der Waals surface area contributed by atoms with Crippen LogP contribution in [0.25, 0.3) is 5.65 Å². The van der Waals surface area contributed by atoms with E-state index in [4.69, 9.17) is 5.73 Å². The van der Waals surface area contributed by atoms with Gasteiger partial charge in [-0.25, -0.2) is 4.98 Å². The first-order valence-electron chi connectivity index (χ1n) is 7.11. The summed E-state index contributed by atoms with van der Waals surface area (Å²) in [6.45, 7) is 6.14. The fourth-order valence-electron chi connectivity index (χ4n) is 2.95. The van der Waals surface area contributed by atoms with Crippen molar-refractivity contribution < 1.29 is 0 Å². The summed E-state index contributed by atoms with van der Waals surface area (Å²) < 4.78 is 2.12. The Morgan fingerprint density at radius 3 is 3.11 bits per heavy atom. The highest BCUT2D eigenvalue weighted by molar-refractivity contribution is 5.41. The van der Waals surface area contributed by atoms with Gasteiger partial charge in [0.05, 0.1) is 5.69 Å². The van der Waals surface area contributed by atoms with E-state index < -0.39 is 0 Å². The van der Waals surface area contributed by atoms with Crippen LogP contribution in [-0.4, -0.2) is 33.9 Å². The molecule has 1 saturated heterocycles. The number of aryl methyl sites for hydroxylation is 1. The molecule has 3 heterocycles. The summed E-state index contributed by atoms with van der Waals surface area (Å²) >= 11 is 0. The molecule has 0 amide bonds. The van der Waals surface area contributed by atoms with E-state index in [1.165, 1.54) is 24.9 Å². The lowest BCUT2D eigenvalue weighted by Gasteiger charge is -2.31. The minimum absolute atomic E-state index is 0.660. The van der Waals surface area contributed by atoms with Gasteiger partial charge in [-0.15, -0.1) is 0 Å². The number of pyridine rings is 1. The Kier molecular flexibility index (Phi) is 3.53. The molecule has 0 aliphatic carbocycles. The molecule has 4 nitrogen and oxygen atoms in total. The average molecular weight is 258 g/mol. The third-order valence-electron chi connectivity index (χ3n) is 3.97. The largest absolute Gasteiger partial charge is 0.330 e. The van der Waals surface area contributed by atoms with Gasteiger partial charge in [0.25, 0.3) is 0 Å². The number of fused-ring (bicyclic) bond motifs is 1. The van der Waals surface area contributed by atoms with E-state index in [9.17, 15) is 0 Å². The van der Waals surface area contributed by atoms with Gasteiger partial charge in [0.1, 0.15) is 5.65 Å². The molecule has 19 heavy (non-hydrogen) atoms. The number of nitrogens with two attached hydrogens (primary N) is 1. The lowest BCUT2D eigenvalue weighted by molar-refractivity contribution is 0.169. The molecule has 1 atom stereocenters. The monoisotopic (exact) mass is 258 g/mol. The second kappa shape index (κ2) is 5.31. The van der Waals surface area contributed by atoms with Gasteiger partial charge >= 0.3 is 0 Å². The van der Waals surface area contributed by atoms with Crippen molar-refractivity contribution in [3.05, 3.63) is 35.8 Å². The van der Waals surface area contributed by atoms with Crippen LogP contribution in [0.15, 0.2) is 24.5 Å². The van der Waals surface area contributed by atoms with Crippen LogP contribution in [0.2, 0.25) is 0 Å². The average Bonchev–Trinajstić information content (AvgIpc) is 2.80. The van der Waals surface area contributed by atoms with Gasteiger partial charge in [-0.2, -0.15) is 0 Å². The van der Waals surface area contributed by atoms with Gasteiger partial charge in [0.15, 0.2) is 0 Å². The van der Waals surface area contributed by atoms with E-state index in [1.807, 2.05) is 0 Å². The van der Waals surface area contributed by atoms with E-state index >= 15 is 0 Å². The molecule has 2 aromatic rings. The van der Waals surface area contributed by atoms with Gasteiger partial charge in [0, 0.05) is 25.5 Å². The van der Waals surface area contributed by atoms with Gasteiger partial charge in [0.2, 0.25) is 0 Å². The Hall–Kier alpha value is -1.39. The van der Waals surface area contributed by atoms with E-state index in [0.717, 1.165) is 31.0 Å². The highest BCUT2D eigenvalue weighted by Gasteiger charge is 2.19. The van der Waals surface area contributed by atoms with Crippen LogP contribution in [0, 0.1) is 12.8 Å². The van der Waals surface area contributed by atoms with Crippen LogP contribution < -0.4 is 5.73 Å². The minimum Gasteiger partial charge on any atom is -0.330 e. The molecule has 3 rings (SSSR count). The number of imidazole rings is 1. The SMILES string of the molecule is Cc1ccc2nc(CN3CCCC(CN)C3)cn2c1. The highest BCUT2D eigenvalue weighted by Crippen LogP contribution is 2.17. The quantitative estimate of drug-likeness (QED) is 0.913. The first kappa shape index (κ1) is 12.6. The summed E-state index contributed by atoms with van der Waals surface area (Å²) in [5.74, 6) is 0.660. The van der Waals surface area contributed by atoms with Crippen molar-refractivity contribution in [1.29, 1.82) is 0 Å². The maximum absolute atomic E-state index is 5.79. The molecule has 0 saturated carbocycles. The Balaban J connectivity index is 1.74. The number of hydrogen-bond acceptors (Lipinski definition) is 3. The van der Waals surface area contributed by atoms with E-state index in [0.29, 0.717) is 5.92 Å². The van der Waals surface area contributed by atoms with Gasteiger partial charge in [-0.05, 0) is 50.4 Å². The summed E-state index contributed by atoms with van der Waals surface area (Å²) in [4.78, 5) is 7.17. The summed E-state index contributed by atoms with van der Waals surface area (Å²) in [6.07, 6.45) is 6.81. The van der Waals surface area contributed by atoms with Crippen LogP contribution in [0.3, 0.4) is 0 Å². The predicted octanol–water partition coefficient (Wildman–Crippen LogP) is 1.81. The van der Waals surface area contributed by atoms with Crippen LogP contribution in [0.4, 0.5) is 0 Å². The minimum atomic E-state index is 0.660. The molecular weight excluding hydrogens is 236 g/mol. The molecule has 2 aromatic heterocycles. The zero-order valence-corrected chi connectivity index (χ0v) is 11.5. The fraction of sp³-hybridized carbons (Fsp3) is 0.533. The first-order valence-corrected chi connectivity index (χ1v) is 7.11. The van der Waals surface area contributed by atoms with Gasteiger partial charge in [-0.1, -0.05) is 6.07 Å². The van der Waals surface area contributed by atoms with Crippen LogP contribution >= 0.6 is 0 Å². The molecule has 0 spiro atoms. The third-order valence-corrected chi connectivity index (χ3v) is 3.97. The summed E-state index contributed by atoms with van der Waals surface area (Å²) in [7, 11) is 0. The van der Waals surface area contributed by atoms with E-state index in [-0.39, 0.29) is 0 Å². The second-order valence-corrected chi connectivity index (χ2v) is 5.68. The van der Waals surface area contributed by atoms with Crippen molar-refractivity contribution in [2.45, 2.75) is 26.3 Å². The second-order valence-electron chi connectivity index (χ2n) is 5.68. The van der Waals surface area contributed by atoms with E-state index in [1.54, 1.807) is 0 Å². The molecule has 1 aliphatic heterocycles. The van der Waals surface area contributed by atoms with E-state index in [2.05, 4.69) is 45.7 Å². The topological polar surface area (TPSA) is 46.6 Å². The van der Waals surface area contributed by atoms with Gasteiger partial charge < -0.3 is 10.1 Å². The third kappa shape index (κ3) is 2.80. The predicted molar refractivity (Wildman–Crippen MR) is 77.0 cm³/mol. The number of rotatable bonds is 3. The number of piperidine rings is 1. The Labute approximate surface area is 114 Å².